The van der Waals surface area contributed by atoms with Crippen LogP contribution in [0.4, 0.5) is 11.4 Å². The molecule has 3 amide bonds. The summed E-state index contributed by atoms with van der Waals surface area (Å²) in [4.78, 5) is 38.7. The van der Waals surface area contributed by atoms with Crippen molar-refractivity contribution in [3.05, 3.63) is 93.6 Å². The predicted octanol–water partition coefficient (Wildman–Crippen LogP) is 5.49. The van der Waals surface area contributed by atoms with E-state index in [1.807, 2.05) is 52.0 Å². The Morgan fingerprint density at radius 1 is 0.743 bits per heavy atom. The third-order valence-electron chi connectivity index (χ3n) is 5.81. The molecule has 7 nitrogen and oxygen atoms in total. The van der Waals surface area contributed by atoms with Gasteiger partial charge < -0.3 is 10.6 Å². The molecule has 0 fully saturated rings. The van der Waals surface area contributed by atoms with Gasteiger partial charge in [0, 0.05) is 21.8 Å². The van der Waals surface area contributed by atoms with Gasteiger partial charge in [-0.1, -0.05) is 35.4 Å². The molecule has 0 aliphatic carbocycles. The Hall–Kier alpha value is -4.10. The summed E-state index contributed by atoms with van der Waals surface area (Å²) in [5.41, 5.74) is 8.39. The van der Waals surface area contributed by atoms with Crippen molar-refractivity contribution in [2.24, 2.45) is 0 Å². The van der Waals surface area contributed by atoms with Crippen molar-refractivity contribution in [3.63, 3.8) is 0 Å². The van der Waals surface area contributed by atoms with E-state index in [0.29, 0.717) is 27.3 Å². The fraction of sp³-hybridized carbons (Fsp3) is 0.148. The second-order valence-corrected chi connectivity index (χ2v) is 8.97. The SMILES string of the molecule is Cc1ccc(NC(=O)C(=O)Nn2c(C(=O)Nc3ccc(C)c(C)c3)cc3cc(Cl)ccc32)c(C)c1. The molecule has 0 aliphatic heterocycles. The topological polar surface area (TPSA) is 92.2 Å². The molecule has 0 bridgehead atoms. The van der Waals surface area contributed by atoms with Crippen molar-refractivity contribution >= 4 is 51.6 Å². The molecule has 0 saturated carbocycles. The number of amides is 3. The second kappa shape index (κ2) is 9.64. The van der Waals surface area contributed by atoms with E-state index in [2.05, 4.69) is 16.1 Å². The number of carbonyl (C=O) groups excluding carboxylic acids is 3. The number of nitrogens with one attached hydrogen (secondary N) is 3. The lowest BCUT2D eigenvalue weighted by molar-refractivity contribution is -0.133. The molecule has 0 radical (unpaired) electrons. The molecule has 0 spiro atoms. The zero-order valence-corrected chi connectivity index (χ0v) is 20.6. The summed E-state index contributed by atoms with van der Waals surface area (Å²) < 4.78 is 1.30. The van der Waals surface area contributed by atoms with Crippen LogP contribution in [-0.2, 0) is 9.59 Å². The summed E-state index contributed by atoms with van der Waals surface area (Å²) in [6.07, 6.45) is 0. The number of nitrogens with zero attached hydrogens (tertiary/aromatic N) is 1. The molecule has 4 aromatic rings. The molecule has 1 heterocycles. The van der Waals surface area contributed by atoms with Crippen molar-refractivity contribution in [3.8, 4) is 0 Å². The number of aryl methyl sites for hydroxylation is 4. The van der Waals surface area contributed by atoms with Crippen LogP contribution in [0.3, 0.4) is 0 Å². The van der Waals surface area contributed by atoms with E-state index >= 15 is 0 Å². The lowest BCUT2D eigenvalue weighted by atomic mass is 10.1. The molecule has 0 saturated heterocycles. The molecule has 3 N–H and O–H groups in total. The van der Waals surface area contributed by atoms with Gasteiger partial charge in [0.05, 0.1) is 5.52 Å². The zero-order chi connectivity index (χ0) is 25.3. The number of anilines is 2. The number of aromatic nitrogens is 1. The van der Waals surface area contributed by atoms with Gasteiger partial charge in [0.1, 0.15) is 5.69 Å². The lowest BCUT2D eigenvalue weighted by Crippen LogP contribution is -2.36. The van der Waals surface area contributed by atoms with Gasteiger partial charge in [0.2, 0.25) is 0 Å². The van der Waals surface area contributed by atoms with Crippen LogP contribution in [-0.4, -0.2) is 22.4 Å². The number of benzene rings is 3. The van der Waals surface area contributed by atoms with Gasteiger partial charge in [-0.2, -0.15) is 0 Å². The molecule has 3 aromatic carbocycles. The van der Waals surface area contributed by atoms with E-state index in [0.717, 1.165) is 22.3 Å². The highest BCUT2D eigenvalue weighted by molar-refractivity contribution is 6.42. The van der Waals surface area contributed by atoms with Crippen LogP contribution in [0, 0.1) is 27.7 Å². The van der Waals surface area contributed by atoms with Crippen LogP contribution in [0.1, 0.15) is 32.7 Å². The highest BCUT2D eigenvalue weighted by atomic mass is 35.5. The summed E-state index contributed by atoms with van der Waals surface area (Å²) in [7, 11) is 0. The van der Waals surface area contributed by atoms with Crippen LogP contribution in [0.5, 0.6) is 0 Å². The molecule has 35 heavy (non-hydrogen) atoms. The summed E-state index contributed by atoms with van der Waals surface area (Å²) in [5, 5.41) is 6.59. The minimum Gasteiger partial charge on any atom is -0.321 e. The van der Waals surface area contributed by atoms with Crippen LogP contribution in [0.25, 0.3) is 10.9 Å². The molecule has 0 unspecified atom stereocenters. The number of hydrogen-bond acceptors (Lipinski definition) is 3. The maximum atomic E-state index is 13.2. The monoisotopic (exact) mass is 488 g/mol. The Kier molecular flexibility index (Phi) is 6.62. The average molecular weight is 489 g/mol. The number of rotatable bonds is 4. The summed E-state index contributed by atoms with van der Waals surface area (Å²) >= 11 is 6.13. The molecule has 8 heteroatoms. The summed E-state index contributed by atoms with van der Waals surface area (Å²) in [6, 6.07) is 17.7. The Morgan fingerprint density at radius 3 is 2.23 bits per heavy atom. The Labute approximate surface area is 208 Å². The summed E-state index contributed by atoms with van der Waals surface area (Å²) in [6.45, 7) is 7.73. The maximum absolute atomic E-state index is 13.2. The quantitative estimate of drug-likeness (QED) is 0.332. The first-order valence-corrected chi connectivity index (χ1v) is 11.4. The fourth-order valence-electron chi connectivity index (χ4n) is 3.77. The molecule has 0 aliphatic rings. The number of hydrogen-bond donors (Lipinski definition) is 3. The van der Waals surface area contributed by atoms with E-state index in [1.165, 1.54) is 4.68 Å². The van der Waals surface area contributed by atoms with Gasteiger partial charge in [0.25, 0.3) is 5.91 Å². The van der Waals surface area contributed by atoms with E-state index in [-0.39, 0.29) is 5.69 Å². The van der Waals surface area contributed by atoms with Gasteiger partial charge in [-0.3, -0.25) is 19.8 Å². The fourth-order valence-corrected chi connectivity index (χ4v) is 3.95. The average Bonchev–Trinajstić information content (AvgIpc) is 3.15. The number of fused-ring (bicyclic) bond motifs is 1. The predicted molar refractivity (Wildman–Crippen MR) is 140 cm³/mol. The van der Waals surface area contributed by atoms with E-state index < -0.39 is 17.7 Å². The van der Waals surface area contributed by atoms with E-state index in [9.17, 15) is 14.4 Å². The molecule has 4 rings (SSSR count). The largest absolute Gasteiger partial charge is 0.328 e. The smallest absolute Gasteiger partial charge is 0.321 e. The number of carbonyl (C=O) groups is 3. The van der Waals surface area contributed by atoms with Crippen molar-refractivity contribution in [1.29, 1.82) is 0 Å². The van der Waals surface area contributed by atoms with Gasteiger partial charge in [-0.25, -0.2) is 4.68 Å². The second-order valence-electron chi connectivity index (χ2n) is 8.53. The van der Waals surface area contributed by atoms with E-state index in [1.54, 1.807) is 36.4 Å². The number of halogens is 1. The molecular weight excluding hydrogens is 464 g/mol. The third-order valence-corrected chi connectivity index (χ3v) is 6.05. The van der Waals surface area contributed by atoms with Crippen LogP contribution < -0.4 is 16.1 Å². The molecule has 0 atom stereocenters. The van der Waals surface area contributed by atoms with Crippen molar-refractivity contribution in [2.75, 3.05) is 16.1 Å². The minimum atomic E-state index is -0.919. The highest BCUT2D eigenvalue weighted by Gasteiger charge is 2.21. The Balaban J connectivity index is 1.63. The normalized spacial score (nSPS) is 10.8. The third kappa shape index (κ3) is 5.20. The standard InChI is InChI=1S/C27H25ClN4O3/c1-15-5-9-22(18(4)11-15)30-26(34)27(35)31-32-23-10-7-20(28)13-19(23)14-24(32)25(33)29-21-8-6-16(2)17(3)12-21/h5-14H,1-4H3,(H,29,33)(H,30,34)(H,31,35). The highest BCUT2D eigenvalue weighted by Crippen LogP contribution is 2.24. The van der Waals surface area contributed by atoms with Gasteiger partial charge in [-0.15, -0.1) is 0 Å². The zero-order valence-electron chi connectivity index (χ0n) is 19.8. The van der Waals surface area contributed by atoms with Gasteiger partial charge >= 0.3 is 11.8 Å². The van der Waals surface area contributed by atoms with Crippen molar-refractivity contribution in [1.82, 2.24) is 4.68 Å². The van der Waals surface area contributed by atoms with Crippen molar-refractivity contribution in [2.45, 2.75) is 27.7 Å². The first-order valence-electron chi connectivity index (χ1n) is 11.0. The summed E-state index contributed by atoms with van der Waals surface area (Å²) in [5.74, 6) is -2.22. The first kappa shape index (κ1) is 24.0. The molecule has 178 valence electrons. The minimum absolute atomic E-state index is 0.146. The Morgan fingerprint density at radius 2 is 1.51 bits per heavy atom. The lowest BCUT2D eigenvalue weighted by Gasteiger charge is -2.14. The Bertz CT molecular complexity index is 1490. The molecule has 1 aromatic heterocycles. The van der Waals surface area contributed by atoms with Gasteiger partial charge in [-0.05, 0) is 86.8 Å². The molecular formula is C27H25ClN4O3. The van der Waals surface area contributed by atoms with Gasteiger partial charge in [0.15, 0.2) is 0 Å². The maximum Gasteiger partial charge on any atom is 0.328 e. The van der Waals surface area contributed by atoms with Crippen LogP contribution in [0.15, 0.2) is 60.7 Å². The van der Waals surface area contributed by atoms with Crippen LogP contribution in [0.2, 0.25) is 5.02 Å². The van der Waals surface area contributed by atoms with Crippen LogP contribution >= 0.6 is 11.6 Å². The van der Waals surface area contributed by atoms with Crippen molar-refractivity contribution < 1.29 is 14.4 Å². The van der Waals surface area contributed by atoms with E-state index in [4.69, 9.17) is 11.6 Å². The first-order chi connectivity index (χ1) is 16.6.